The first-order valence-electron chi connectivity index (χ1n) is 6.75. The molecule has 1 amide bonds. The number of hydrogen-bond donors (Lipinski definition) is 3. The first-order chi connectivity index (χ1) is 8.54. The van der Waals surface area contributed by atoms with E-state index in [-0.39, 0.29) is 19.1 Å². The van der Waals surface area contributed by atoms with Gasteiger partial charge in [-0.2, -0.15) is 0 Å². The van der Waals surface area contributed by atoms with Crippen LogP contribution < -0.4 is 5.32 Å². The molecule has 1 aliphatic heterocycles. The number of amides is 1. The zero-order valence-corrected chi connectivity index (χ0v) is 11.5. The van der Waals surface area contributed by atoms with Gasteiger partial charge in [0.05, 0.1) is 13.2 Å². The monoisotopic (exact) mass is 258 g/mol. The second kappa shape index (κ2) is 7.07. The number of carbonyl (C=O) groups is 1. The number of nitrogens with one attached hydrogen (secondary N) is 1. The molecular weight excluding hydrogens is 232 g/mol. The molecule has 1 rings (SSSR count). The van der Waals surface area contributed by atoms with Gasteiger partial charge in [0, 0.05) is 18.5 Å². The van der Waals surface area contributed by atoms with Gasteiger partial charge in [-0.05, 0) is 31.8 Å². The van der Waals surface area contributed by atoms with E-state index in [2.05, 4.69) is 5.32 Å². The van der Waals surface area contributed by atoms with Gasteiger partial charge in [-0.3, -0.25) is 4.79 Å². The second-order valence-electron chi connectivity index (χ2n) is 5.50. The summed E-state index contributed by atoms with van der Waals surface area (Å²) < 4.78 is 0. The highest BCUT2D eigenvalue weighted by molar-refractivity contribution is 5.82. The summed E-state index contributed by atoms with van der Waals surface area (Å²) in [5.41, 5.74) is -0.447. The summed E-state index contributed by atoms with van der Waals surface area (Å²) in [6.07, 6.45) is 2.15. The Balaban J connectivity index is 2.70. The molecule has 0 aromatic carbocycles. The third-order valence-electron chi connectivity index (χ3n) is 3.90. The maximum atomic E-state index is 12.5. The lowest BCUT2D eigenvalue weighted by Gasteiger charge is -2.39. The van der Waals surface area contributed by atoms with Crippen LogP contribution in [0.15, 0.2) is 0 Å². The van der Waals surface area contributed by atoms with Crippen molar-refractivity contribution in [3.05, 3.63) is 0 Å². The highest BCUT2D eigenvalue weighted by Crippen LogP contribution is 2.33. The average Bonchev–Trinajstić information content (AvgIpc) is 2.38. The lowest BCUT2D eigenvalue weighted by molar-refractivity contribution is -0.144. The molecule has 1 fully saturated rings. The van der Waals surface area contributed by atoms with Crippen LogP contribution in [0.1, 0.15) is 26.7 Å². The van der Waals surface area contributed by atoms with E-state index in [1.165, 1.54) is 0 Å². The minimum Gasteiger partial charge on any atom is -0.395 e. The molecule has 0 radical (unpaired) electrons. The van der Waals surface area contributed by atoms with Crippen LogP contribution in [0.25, 0.3) is 0 Å². The van der Waals surface area contributed by atoms with Crippen molar-refractivity contribution in [2.24, 2.45) is 11.3 Å². The molecule has 0 aromatic heterocycles. The van der Waals surface area contributed by atoms with Crippen LogP contribution in [-0.4, -0.2) is 60.4 Å². The van der Waals surface area contributed by atoms with Gasteiger partial charge >= 0.3 is 0 Å². The molecule has 1 atom stereocenters. The van der Waals surface area contributed by atoms with Gasteiger partial charge in [-0.25, -0.2) is 0 Å². The number of hydrogen-bond acceptors (Lipinski definition) is 4. The molecule has 0 aliphatic carbocycles. The average molecular weight is 258 g/mol. The van der Waals surface area contributed by atoms with Crippen LogP contribution in [0, 0.1) is 11.3 Å². The molecule has 0 spiro atoms. The third-order valence-corrected chi connectivity index (χ3v) is 3.90. The summed E-state index contributed by atoms with van der Waals surface area (Å²) in [4.78, 5) is 14.1. The number of piperidine rings is 1. The van der Waals surface area contributed by atoms with Gasteiger partial charge in [0.1, 0.15) is 0 Å². The summed E-state index contributed by atoms with van der Waals surface area (Å²) >= 11 is 0. The van der Waals surface area contributed by atoms with Crippen LogP contribution >= 0.6 is 0 Å². The van der Waals surface area contributed by atoms with Gasteiger partial charge in [-0.1, -0.05) is 13.8 Å². The smallest absolute Gasteiger partial charge is 0.228 e. The summed E-state index contributed by atoms with van der Waals surface area (Å²) in [5.74, 6) is 0.345. The summed E-state index contributed by atoms with van der Waals surface area (Å²) in [6, 6.07) is 0. The van der Waals surface area contributed by atoms with Crippen molar-refractivity contribution >= 4 is 5.91 Å². The Morgan fingerprint density at radius 3 is 2.39 bits per heavy atom. The highest BCUT2D eigenvalue weighted by Gasteiger charge is 2.39. The molecule has 18 heavy (non-hydrogen) atoms. The second-order valence-corrected chi connectivity index (χ2v) is 5.50. The van der Waals surface area contributed by atoms with E-state index < -0.39 is 5.41 Å². The molecule has 1 aliphatic rings. The molecule has 5 nitrogen and oxygen atoms in total. The molecule has 0 bridgehead atoms. The zero-order chi connectivity index (χ0) is 13.6. The maximum absolute atomic E-state index is 12.5. The van der Waals surface area contributed by atoms with E-state index in [9.17, 15) is 4.79 Å². The van der Waals surface area contributed by atoms with Crippen molar-refractivity contribution in [1.29, 1.82) is 0 Å². The molecule has 0 saturated carbocycles. The third kappa shape index (κ3) is 3.67. The Labute approximate surface area is 109 Å². The molecule has 1 unspecified atom stereocenters. The lowest BCUT2D eigenvalue weighted by atomic mass is 9.74. The van der Waals surface area contributed by atoms with Gasteiger partial charge in [-0.15, -0.1) is 0 Å². The summed E-state index contributed by atoms with van der Waals surface area (Å²) in [6.45, 7) is 6.29. The van der Waals surface area contributed by atoms with E-state index in [0.29, 0.717) is 19.0 Å². The van der Waals surface area contributed by atoms with Crippen molar-refractivity contribution in [1.82, 2.24) is 10.2 Å². The molecule has 106 valence electrons. The van der Waals surface area contributed by atoms with Gasteiger partial charge in [0.25, 0.3) is 0 Å². The normalized spacial score (nSPS) is 20.8. The van der Waals surface area contributed by atoms with Crippen molar-refractivity contribution in [2.45, 2.75) is 26.7 Å². The fourth-order valence-corrected chi connectivity index (χ4v) is 2.61. The Hall–Kier alpha value is -0.650. The van der Waals surface area contributed by atoms with Gasteiger partial charge < -0.3 is 20.4 Å². The minimum atomic E-state index is -0.447. The lowest BCUT2D eigenvalue weighted by Crippen LogP contribution is -2.50. The maximum Gasteiger partial charge on any atom is 0.228 e. The van der Waals surface area contributed by atoms with Crippen LogP contribution in [0.2, 0.25) is 0 Å². The minimum absolute atomic E-state index is 0.0271. The first kappa shape index (κ1) is 15.4. The van der Waals surface area contributed by atoms with E-state index in [0.717, 1.165) is 25.9 Å². The highest BCUT2D eigenvalue weighted by atomic mass is 16.3. The molecular formula is C13H26N2O3. The number of rotatable bonds is 6. The standard InChI is InChI=1S/C13H26N2O3/c1-13(2,11-4-3-5-14-10-11)12(18)15(6-8-16)7-9-17/h11,14,16-17H,3-10H2,1-2H3. The van der Waals surface area contributed by atoms with E-state index >= 15 is 0 Å². The Kier molecular flexibility index (Phi) is 6.05. The van der Waals surface area contributed by atoms with E-state index in [1.54, 1.807) is 4.90 Å². The zero-order valence-electron chi connectivity index (χ0n) is 11.5. The predicted molar refractivity (Wildman–Crippen MR) is 70.1 cm³/mol. The molecule has 3 N–H and O–H groups in total. The molecule has 5 heteroatoms. The van der Waals surface area contributed by atoms with Crippen LogP contribution in [-0.2, 0) is 4.79 Å². The predicted octanol–water partition coefficient (Wildman–Crippen LogP) is -0.175. The van der Waals surface area contributed by atoms with Crippen LogP contribution in [0.3, 0.4) is 0 Å². The van der Waals surface area contributed by atoms with Crippen molar-refractivity contribution < 1.29 is 15.0 Å². The molecule has 1 heterocycles. The van der Waals surface area contributed by atoms with Crippen LogP contribution in [0.5, 0.6) is 0 Å². The number of nitrogens with zero attached hydrogens (tertiary/aromatic N) is 1. The molecule has 0 aromatic rings. The topological polar surface area (TPSA) is 72.8 Å². The SMILES string of the molecule is CC(C)(C(=O)N(CCO)CCO)C1CCCNC1. The largest absolute Gasteiger partial charge is 0.395 e. The fraction of sp³-hybridized carbons (Fsp3) is 0.923. The van der Waals surface area contributed by atoms with E-state index in [4.69, 9.17) is 10.2 Å². The van der Waals surface area contributed by atoms with Crippen LogP contribution in [0.4, 0.5) is 0 Å². The number of aliphatic hydroxyl groups excluding tert-OH is 2. The summed E-state index contributed by atoms with van der Waals surface area (Å²) in [7, 11) is 0. The van der Waals surface area contributed by atoms with Gasteiger partial charge in [0.15, 0.2) is 0 Å². The van der Waals surface area contributed by atoms with Crippen molar-refractivity contribution in [2.75, 3.05) is 39.4 Å². The number of carbonyl (C=O) groups excluding carboxylic acids is 1. The first-order valence-corrected chi connectivity index (χ1v) is 6.75. The fourth-order valence-electron chi connectivity index (χ4n) is 2.61. The van der Waals surface area contributed by atoms with Gasteiger partial charge in [0.2, 0.25) is 5.91 Å². The summed E-state index contributed by atoms with van der Waals surface area (Å²) in [5, 5.41) is 21.3. The van der Waals surface area contributed by atoms with Crippen molar-refractivity contribution in [3.63, 3.8) is 0 Å². The Morgan fingerprint density at radius 1 is 1.33 bits per heavy atom. The quantitative estimate of drug-likeness (QED) is 0.618. The Bertz CT molecular complexity index is 257. The molecule has 1 saturated heterocycles. The van der Waals surface area contributed by atoms with E-state index in [1.807, 2.05) is 13.8 Å². The Morgan fingerprint density at radius 2 is 1.94 bits per heavy atom. The van der Waals surface area contributed by atoms with Crippen molar-refractivity contribution in [3.8, 4) is 0 Å². The number of aliphatic hydroxyl groups is 2.